The topological polar surface area (TPSA) is 13.1 Å². The average Bonchev–Trinajstić information content (AvgIpc) is 3.53. The van der Waals surface area contributed by atoms with E-state index in [2.05, 4.69) is 0 Å². The molecule has 0 fully saturated rings. The van der Waals surface area contributed by atoms with Crippen LogP contribution in [0.15, 0.2) is 138 Å². The van der Waals surface area contributed by atoms with Gasteiger partial charge in [-0.15, -0.1) is 0 Å². The van der Waals surface area contributed by atoms with Crippen LogP contribution in [0.4, 0.5) is 0 Å². The molecule has 0 aliphatic rings. The Morgan fingerprint density at radius 3 is 1.76 bits per heavy atom. The highest BCUT2D eigenvalue weighted by Gasteiger charge is 2.20. The maximum atomic E-state index is 9.20. The highest BCUT2D eigenvalue weighted by molar-refractivity contribution is 6.25. The molecule has 1 heterocycles. The Bertz CT molecular complexity index is 2820. The summed E-state index contributed by atoms with van der Waals surface area (Å²) in [5.41, 5.74) is 0.738. The summed E-state index contributed by atoms with van der Waals surface area (Å²) in [7, 11) is 0. The fourth-order valence-corrected chi connectivity index (χ4v) is 5.11. The standard InChI is InChI=1S/C36H22O/c1-2-12-24(13-3-1)33-26-15-6-8-17-28(26)34(29-18-9-7-16-27(29)33)32-20-10-19-30-31-22-21-23-11-4-5-14-25(23)35(31)37-36(30)32/h1-22H/i4D,5D,6D,7D,8D,9D,11D,14D,15D,16D,17D,18D,21D,22D. The molecule has 7 aromatic carbocycles. The Kier molecular flexibility index (Phi) is 2.33. The Morgan fingerprint density at radius 2 is 1.05 bits per heavy atom. The fraction of sp³-hybridized carbons (Fsp3) is 0. The van der Waals surface area contributed by atoms with Crippen molar-refractivity contribution in [1.29, 1.82) is 0 Å². The van der Waals surface area contributed by atoms with Crippen LogP contribution >= 0.6 is 0 Å². The number of fused-ring (bicyclic) bond motifs is 7. The van der Waals surface area contributed by atoms with E-state index in [4.69, 9.17) is 20.9 Å². The van der Waals surface area contributed by atoms with Crippen molar-refractivity contribution in [2.75, 3.05) is 0 Å². The van der Waals surface area contributed by atoms with Crippen LogP contribution in [0.1, 0.15) is 19.2 Å². The van der Waals surface area contributed by atoms with Crippen molar-refractivity contribution in [1.82, 2.24) is 0 Å². The molecule has 172 valence electrons. The second-order valence-electron chi connectivity index (χ2n) is 8.60. The van der Waals surface area contributed by atoms with Crippen molar-refractivity contribution in [3.05, 3.63) is 133 Å². The van der Waals surface area contributed by atoms with Gasteiger partial charge in [0.1, 0.15) is 11.2 Å². The third-order valence-electron chi connectivity index (χ3n) is 6.65. The zero-order chi connectivity index (χ0) is 36.5. The maximum Gasteiger partial charge on any atom is 0.143 e. The number of hydrogen-bond acceptors (Lipinski definition) is 1. The maximum absolute atomic E-state index is 9.20. The summed E-state index contributed by atoms with van der Waals surface area (Å²) in [6.07, 6.45) is 0. The molecule has 0 N–H and O–H groups in total. The Hall–Kier alpha value is -4.88. The van der Waals surface area contributed by atoms with Gasteiger partial charge in [0, 0.05) is 27.3 Å². The van der Waals surface area contributed by atoms with Gasteiger partial charge in [0.25, 0.3) is 0 Å². The molecular weight excluding hydrogens is 448 g/mol. The lowest BCUT2D eigenvalue weighted by molar-refractivity contribution is 0.674. The van der Waals surface area contributed by atoms with Crippen LogP contribution in [-0.2, 0) is 0 Å². The van der Waals surface area contributed by atoms with Gasteiger partial charge in [-0.05, 0) is 44.1 Å². The van der Waals surface area contributed by atoms with Gasteiger partial charge >= 0.3 is 0 Å². The predicted molar refractivity (Wildman–Crippen MR) is 157 cm³/mol. The molecule has 1 nitrogen and oxygen atoms in total. The summed E-state index contributed by atoms with van der Waals surface area (Å²) >= 11 is 0. The number of furan rings is 1. The molecular formula is C36H22O. The van der Waals surface area contributed by atoms with Crippen molar-refractivity contribution in [2.24, 2.45) is 0 Å². The molecule has 0 saturated carbocycles. The molecule has 0 bridgehead atoms. The molecule has 0 aliphatic heterocycles. The van der Waals surface area contributed by atoms with E-state index in [1.807, 2.05) is 0 Å². The third-order valence-corrected chi connectivity index (χ3v) is 6.65. The van der Waals surface area contributed by atoms with Crippen LogP contribution in [0.2, 0.25) is 0 Å². The second kappa shape index (κ2) is 7.81. The van der Waals surface area contributed by atoms with Gasteiger partial charge in [-0.3, -0.25) is 0 Å². The summed E-state index contributed by atoms with van der Waals surface area (Å²) < 4.78 is 129. The van der Waals surface area contributed by atoms with Crippen LogP contribution in [-0.4, -0.2) is 0 Å². The van der Waals surface area contributed by atoms with E-state index < -0.39 is 78.6 Å². The average molecular weight is 485 g/mol. The number of rotatable bonds is 2. The fourth-order valence-electron chi connectivity index (χ4n) is 5.11. The first-order valence-electron chi connectivity index (χ1n) is 18.6. The Labute approximate surface area is 233 Å². The lowest BCUT2D eigenvalue weighted by Gasteiger charge is -2.17. The van der Waals surface area contributed by atoms with Crippen molar-refractivity contribution < 1.29 is 23.6 Å². The summed E-state index contributed by atoms with van der Waals surface area (Å²) in [5, 5.41) is -0.0291. The third kappa shape index (κ3) is 2.92. The van der Waals surface area contributed by atoms with Crippen LogP contribution in [0.25, 0.3) is 76.5 Å². The monoisotopic (exact) mass is 484 g/mol. The highest BCUT2D eigenvalue weighted by atomic mass is 16.3. The van der Waals surface area contributed by atoms with E-state index in [0.717, 1.165) is 0 Å². The molecule has 37 heavy (non-hydrogen) atoms. The quantitative estimate of drug-likeness (QED) is 0.222. The minimum atomic E-state index is -0.573. The lowest BCUT2D eigenvalue weighted by atomic mass is 9.85. The Morgan fingerprint density at radius 1 is 0.432 bits per heavy atom. The van der Waals surface area contributed by atoms with E-state index in [1.54, 1.807) is 48.5 Å². The van der Waals surface area contributed by atoms with E-state index in [9.17, 15) is 2.74 Å². The molecule has 1 aromatic heterocycles. The number of hydrogen-bond donors (Lipinski definition) is 0. The lowest BCUT2D eigenvalue weighted by Crippen LogP contribution is -1.90. The zero-order valence-electron chi connectivity index (χ0n) is 33.0. The predicted octanol–water partition coefficient (Wildman–Crippen LogP) is 10.4. The summed E-state index contributed by atoms with van der Waals surface area (Å²) in [6, 6.07) is 6.38. The Balaban J connectivity index is 1.70. The molecule has 8 aromatic rings. The van der Waals surface area contributed by atoms with Gasteiger partial charge < -0.3 is 4.42 Å². The largest absolute Gasteiger partial charge is 0.455 e. The van der Waals surface area contributed by atoms with Crippen molar-refractivity contribution in [2.45, 2.75) is 0 Å². The second-order valence-corrected chi connectivity index (χ2v) is 8.60. The number of benzene rings is 7. The number of para-hydroxylation sites is 1. The minimum Gasteiger partial charge on any atom is -0.455 e. The first kappa shape index (κ1) is 11.0. The van der Waals surface area contributed by atoms with E-state index in [0.29, 0.717) is 5.56 Å². The molecule has 0 unspecified atom stereocenters. The van der Waals surface area contributed by atoms with Crippen LogP contribution in [0, 0.1) is 0 Å². The molecule has 0 spiro atoms. The van der Waals surface area contributed by atoms with Gasteiger partial charge in [-0.1, -0.05) is 127 Å². The van der Waals surface area contributed by atoms with Gasteiger partial charge in [0.2, 0.25) is 0 Å². The molecule has 1 heteroatoms. The zero-order valence-corrected chi connectivity index (χ0v) is 19.0. The first-order chi connectivity index (χ1) is 24.2. The van der Waals surface area contributed by atoms with Crippen molar-refractivity contribution >= 4 is 54.3 Å². The molecule has 0 radical (unpaired) electrons. The summed E-state index contributed by atoms with van der Waals surface area (Å²) in [4.78, 5) is 0. The molecule has 0 amide bonds. The van der Waals surface area contributed by atoms with E-state index >= 15 is 0 Å². The van der Waals surface area contributed by atoms with Crippen molar-refractivity contribution in [3.63, 3.8) is 0 Å². The summed E-state index contributed by atoms with van der Waals surface area (Å²) in [5.74, 6) is 0. The van der Waals surface area contributed by atoms with E-state index in [1.165, 1.54) is 0 Å². The summed E-state index contributed by atoms with van der Waals surface area (Å²) in [6.45, 7) is 0. The molecule has 0 aliphatic carbocycles. The normalized spacial score (nSPS) is 17.1. The first-order valence-corrected chi connectivity index (χ1v) is 11.6. The van der Waals surface area contributed by atoms with Crippen molar-refractivity contribution in [3.8, 4) is 22.3 Å². The molecule has 0 saturated heterocycles. The van der Waals surface area contributed by atoms with Gasteiger partial charge in [0.15, 0.2) is 0 Å². The van der Waals surface area contributed by atoms with Gasteiger partial charge in [-0.25, -0.2) is 0 Å². The smallest absolute Gasteiger partial charge is 0.143 e. The van der Waals surface area contributed by atoms with Gasteiger partial charge in [-0.2, -0.15) is 0 Å². The minimum absolute atomic E-state index is 0.0158. The van der Waals surface area contributed by atoms with Crippen LogP contribution < -0.4 is 0 Å². The highest BCUT2D eigenvalue weighted by Crippen LogP contribution is 2.46. The van der Waals surface area contributed by atoms with E-state index in [-0.39, 0.29) is 77.0 Å². The molecule has 0 atom stereocenters. The van der Waals surface area contributed by atoms with Crippen LogP contribution in [0.5, 0.6) is 0 Å². The molecule has 8 rings (SSSR count). The van der Waals surface area contributed by atoms with Crippen LogP contribution in [0.3, 0.4) is 0 Å². The van der Waals surface area contributed by atoms with Gasteiger partial charge in [0.05, 0.1) is 19.2 Å². The SMILES string of the molecule is [2H]c1c([2H])c([2H])c2c(-c3cccc4c3oc3c5c([2H])c([2H])c([2H])c([2H])c5c([2H])c([2H])c43)c3c([2H])c([2H])c([2H])c([2H])c3c(-c3ccccc3)c2c1[2H].